The van der Waals surface area contributed by atoms with Crippen molar-refractivity contribution in [1.82, 2.24) is 10.6 Å². The fraction of sp³-hybridized carbons (Fsp3) is 0.389. The van der Waals surface area contributed by atoms with E-state index in [0.29, 0.717) is 19.0 Å². The Balaban J connectivity index is 1.56. The van der Waals surface area contributed by atoms with E-state index in [9.17, 15) is 9.90 Å². The highest BCUT2D eigenvalue weighted by Crippen LogP contribution is 2.38. The molecule has 3 N–H and O–H groups in total. The number of urea groups is 1. The van der Waals surface area contributed by atoms with Gasteiger partial charge in [-0.1, -0.05) is 42.5 Å². The summed E-state index contributed by atoms with van der Waals surface area (Å²) in [6.45, 7) is 2.55. The normalized spacial score (nSPS) is 17.0. The van der Waals surface area contributed by atoms with E-state index in [4.69, 9.17) is 0 Å². The second kappa shape index (κ2) is 5.97. The van der Waals surface area contributed by atoms with E-state index in [1.165, 1.54) is 5.39 Å². The summed E-state index contributed by atoms with van der Waals surface area (Å²) < 4.78 is 0. The first-order valence-electron chi connectivity index (χ1n) is 7.77. The largest absolute Gasteiger partial charge is 0.388 e. The van der Waals surface area contributed by atoms with E-state index in [1.807, 2.05) is 24.3 Å². The van der Waals surface area contributed by atoms with E-state index >= 15 is 0 Å². The maximum Gasteiger partial charge on any atom is 0.315 e. The minimum absolute atomic E-state index is 0.242. The second-order valence-corrected chi connectivity index (χ2v) is 6.31. The zero-order valence-electron chi connectivity index (χ0n) is 12.8. The summed E-state index contributed by atoms with van der Waals surface area (Å²) >= 11 is 0. The number of amides is 2. The zero-order valence-corrected chi connectivity index (χ0v) is 12.8. The average molecular weight is 298 g/mol. The number of hydrogen-bond acceptors (Lipinski definition) is 2. The van der Waals surface area contributed by atoms with E-state index in [2.05, 4.69) is 28.8 Å². The van der Waals surface area contributed by atoms with Gasteiger partial charge in [-0.3, -0.25) is 0 Å². The number of fused-ring (bicyclic) bond motifs is 1. The monoisotopic (exact) mass is 298 g/mol. The molecule has 22 heavy (non-hydrogen) atoms. The molecule has 1 fully saturated rings. The average Bonchev–Trinajstić information content (AvgIpc) is 3.36. The number of benzene rings is 2. The predicted molar refractivity (Wildman–Crippen MR) is 87.5 cm³/mol. The molecule has 2 aromatic carbocycles. The molecular formula is C18H22N2O2. The van der Waals surface area contributed by atoms with Gasteiger partial charge < -0.3 is 15.7 Å². The van der Waals surface area contributed by atoms with E-state index in [-0.39, 0.29) is 6.03 Å². The number of nitrogens with one attached hydrogen (secondary N) is 2. The maximum atomic E-state index is 11.9. The summed E-state index contributed by atoms with van der Waals surface area (Å²) in [7, 11) is 0. The number of carbonyl (C=O) groups excluding carboxylic acids is 1. The van der Waals surface area contributed by atoms with Crippen LogP contribution in [0.25, 0.3) is 10.8 Å². The van der Waals surface area contributed by atoms with Crippen LogP contribution < -0.4 is 10.6 Å². The first kappa shape index (κ1) is 14.9. The number of aliphatic hydroxyl groups is 1. The highest BCUT2D eigenvalue weighted by molar-refractivity contribution is 5.86. The summed E-state index contributed by atoms with van der Waals surface area (Å²) in [6, 6.07) is 14.0. The first-order valence-corrected chi connectivity index (χ1v) is 7.77. The zero-order chi connectivity index (χ0) is 15.6. The van der Waals surface area contributed by atoms with Gasteiger partial charge in [-0.25, -0.2) is 4.79 Å². The molecule has 4 heteroatoms. The lowest BCUT2D eigenvalue weighted by Gasteiger charge is -2.23. The van der Waals surface area contributed by atoms with E-state index in [0.717, 1.165) is 23.8 Å². The molecule has 1 unspecified atom stereocenters. The van der Waals surface area contributed by atoms with Crippen molar-refractivity contribution in [2.24, 2.45) is 5.92 Å². The lowest BCUT2D eigenvalue weighted by molar-refractivity contribution is 0.0394. The van der Waals surface area contributed by atoms with Crippen molar-refractivity contribution in [2.45, 2.75) is 31.9 Å². The van der Waals surface area contributed by atoms with Gasteiger partial charge in [0.2, 0.25) is 0 Å². The standard InChI is InChI=1S/C18H22N2O2/c1-18(22,15-9-10-15)12-20-17(21)19-11-14-7-4-6-13-5-2-3-8-16(13)14/h2-8,15,22H,9-12H2,1H3,(H2,19,20,21). The van der Waals surface area contributed by atoms with E-state index in [1.54, 1.807) is 6.92 Å². The Morgan fingerprint density at radius 2 is 1.91 bits per heavy atom. The molecule has 1 atom stereocenters. The Hall–Kier alpha value is -2.07. The lowest BCUT2D eigenvalue weighted by Crippen LogP contribution is -2.45. The van der Waals surface area contributed by atoms with Gasteiger partial charge in [0.05, 0.1) is 5.60 Å². The SMILES string of the molecule is CC(O)(CNC(=O)NCc1cccc2ccccc12)C1CC1. The summed E-state index contributed by atoms with van der Waals surface area (Å²) in [4.78, 5) is 11.9. The molecule has 0 heterocycles. The van der Waals surface area contributed by atoms with Crippen LogP contribution >= 0.6 is 0 Å². The highest BCUT2D eigenvalue weighted by atomic mass is 16.3. The number of carbonyl (C=O) groups is 1. The third-order valence-corrected chi connectivity index (χ3v) is 4.38. The summed E-state index contributed by atoms with van der Waals surface area (Å²) in [5.74, 6) is 0.325. The van der Waals surface area contributed by atoms with Gasteiger partial charge in [0.1, 0.15) is 0 Å². The second-order valence-electron chi connectivity index (χ2n) is 6.31. The Bertz CT molecular complexity index is 672. The summed E-state index contributed by atoms with van der Waals surface area (Å²) in [6.07, 6.45) is 2.10. The molecule has 2 amide bonds. The van der Waals surface area contributed by atoms with Gasteiger partial charge in [-0.2, -0.15) is 0 Å². The molecule has 1 saturated carbocycles. The van der Waals surface area contributed by atoms with Gasteiger partial charge in [0.15, 0.2) is 0 Å². The number of hydrogen-bond donors (Lipinski definition) is 3. The Morgan fingerprint density at radius 1 is 1.18 bits per heavy atom. The van der Waals surface area contributed by atoms with Crippen LogP contribution in [0, 0.1) is 5.92 Å². The highest BCUT2D eigenvalue weighted by Gasteiger charge is 2.39. The summed E-state index contributed by atoms with van der Waals surface area (Å²) in [5, 5.41) is 18.1. The quantitative estimate of drug-likeness (QED) is 0.795. The minimum atomic E-state index is -0.795. The van der Waals surface area contributed by atoms with Crippen molar-refractivity contribution < 1.29 is 9.90 Å². The predicted octanol–water partition coefficient (Wildman–Crippen LogP) is 2.80. The minimum Gasteiger partial charge on any atom is -0.388 e. The molecule has 4 nitrogen and oxygen atoms in total. The van der Waals surface area contributed by atoms with Crippen molar-refractivity contribution in [3.05, 3.63) is 48.0 Å². The molecule has 0 spiro atoms. The smallest absolute Gasteiger partial charge is 0.315 e. The molecule has 2 aromatic rings. The molecule has 1 aliphatic rings. The molecule has 0 bridgehead atoms. The van der Waals surface area contributed by atoms with Crippen molar-refractivity contribution in [3.8, 4) is 0 Å². The fourth-order valence-electron chi connectivity index (χ4n) is 2.79. The molecular weight excluding hydrogens is 276 g/mol. The van der Waals surface area contributed by atoms with Crippen molar-refractivity contribution >= 4 is 16.8 Å². The molecule has 0 aromatic heterocycles. The van der Waals surface area contributed by atoms with Crippen LogP contribution in [0.4, 0.5) is 4.79 Å². The first-order chi connectivity index (χ1) is 10.6. The Morgan fingerprint density at radius 3 is 2.68 bits per heavy atom. The lowest BCUT2D eigenvalue weighted by atomic mass is 10.0. The Labute approximate surface area is 130 Å². The summed E-state index contributed by atoms with van der Waals surface area (Å²) in [5.41, 5.74) is 0.291. The van der Waals surface area contributed by atoms with Gasteiger partial charge in [0.25, 0.3) is 0 Å². The van der Waals surface area contributed by atoms with Crippen molar-refractivity contribution in [2.75, 3.05) is 6.54 Å². The van der Waals surface area contributed by atoms with Gasteiger partial charge in [0, 0.05) is 13.1 Å². The number of rotatable bonds is 5. The van der Waals surface area contributed by atoms with Gasteiger partial charge in [-0.15, -0.1) is 0 Å². The van der Waals surface area contributed by atoms with Gasteiger partial charge >= 0.3 is 6.03 Å². The van der Waals surface area contributed by atoms with Crippen LogP contribution in [0.1, 0.15) is 25.3 Å². The van der Waals surface area contributed by atoms with Crippen LogP contribution in [-0.4, -0.2) is 23.3 Å². The van der Waals surface area contributed by atoms with Crippen LogP contribution in [0.15, 0.2) is 42.5 Å². The van der Waals surface area contributed by atoms with E-state index < -0.39 is 5.60 Å². The molecule has 3 rings (SSSR count). The molecule has 0 aliphatic heterocycles. The maximum absolute atomic E-state index is 11.9. The fourth-order valence-corrected chi connectivity index (χ4v) is 2.79. The van der Waals surface area contributed by atoms with Crippen LogP contribution in [0.3, 0.4) is 0 Å². The van der Waals surface area contributed by atoms with Crippen molar-refractivity contribution in [1.29, 1.82) is 0 Å². The molecule has 116 valence electrons. The Kier molecular flexibility index (Phi) is 4.03. The van der Waals surface area contributed by atoms with Crippen LogP contribution in [-0.2, 0) is 6.54 Å². The molecule has 0 saturated heterocycles. The van der Waals surface area contributed by atoms with Crippen LogP contribution in [0.5, 0.6) is 0 Å². The van der Waals surface area contributed by atoms with Gasteiger partial charge in [-0.05, 0) is 42.0 Å². The third-order valence-electron chi connectivity index (χ3n) is 4.38. The van der Waals surface area contributed by atoms with Crippen molar-refractivity contribution in [3.63, 3.8) is 0 Å². The third kappa shape index (κ3) is 3.39. The molecule has 0 radical (unpaired) electrons. The molecule has 1 aliphatic carbocycles. The topological polar surface area (TPSA) is 61.4 Å². The van der Waals surface area contributed by atoms with Crippen LogP contribution in [0.2, 0.25) is 0 Å².